The maximum Gasteiger partial charge on any atom is 0.266 e. The number of likely N-dealkylation sites (tertiary alicyclic amines) is 1. The summed E-state index contributed by atoms with van der Waals surface area (Å²) in [6.45, 7) is 1.23. The van der Waals surface area contributed by atoms with Gasteiger partial charge in [0, 0.05) is 25.2 Å². The Labute approximate surface area is 144 Å². The second kappa shape index (κ2) is 7.18. The standard InChI is InChI=1S/C18H18ClFN2O2/c19-16-9-14(10-21-17(16)23)18(24)22-8-2-1-3-13(11-22)12-4-6-15(20)7-5-12/h4-7,9-10,13H,1-3,8,11H2,(H,21,23). The third-order valence-electron chi connectivity index (χ3n) is 4.40. The minimum Gasteiger partial charge on any atom is -0.338 e. The number of nitrogens with one attached hydrogen (secondary N) is 1. The summed E-state index contributed by atoms with van der Waals surface area (Å²) in [7, 11) is 0. The summed E-state index contributed by atoms with van der Waals surface area (Å²) in [5.74, 6) is -0.236. The number of aromatic amines is 1. The van der Waals surface area contributed by atoms with Gasteiger partial charge in [-0.3, -0.25) is 9.59 Å². The third kappa shape index (κ3) is 3.67. The lowest BCUT2D eigenvalue weighted by molar-refractivity contribution is 0.0754. The van der Waals surface area contributed by atoms with Crippen molar-refractivity contribution in [3.63, 3.8) is 0 Å². The van der Waals surface area contributed by atoms with E-state index in [2.05, 4.69) is 4.98 Å². The number of amides is 1. The monoisotopic (exact) mass is 348 g/mol. The van der Waals surface area contributed by atoms with Crippen LogP contribution in [0.25, 0.3) is 0 Å². The van der Waals surface area contributed by atoms with Gasteiger partial charge in [0.2, 0.25) is 0 Å². The van der Waals surface area contributed by atoms with Crippen LogP contribution in [0.3, 0.4) is 0 Å². The molecule has 0 aliphatic carbocycles. The number of rotatable bonds is 2. The molecule has 1 atom stereocenters. The Morgan fingerprint density at radius 3 is 2.71 bits per heavy atom. The summed E-state index contributed by atoms with van der Waals surface area (Å²) in [5.41, 5.74) is 1.00. The van der Waals surface area contributed by atoms with Crippen LogP contribution in [0.15, 0.2) is 41.3 Å². The van der Waals surface area contributed by atoms with Crippen molar-refractivity contribution in [3.05, 3.63) is 68.8 Å². The highest BCUT2D eigenvalue weighted by atomic mass is 35.5. The van der Waals surface area contributed by atoms with Gasteiger partial charge < -0.3 is 9.88 Å². The fourth-order valence-corrected chi connectivity index (χ4v) is 3.27. The van der Waals surface area contributed by atoms with Crippen molar-refractivity contribution in [1.29, 1.82) is 0 Å². The van der Waals surface area contributed by atoms with Gasteiger partial charge in [-0.25, -0.2) is 4.39 Å². The third-order valence-corrected chi connectivity index (χ3v) is 4.69. The van der Waals surface area contributed by atoms with E-state index in [1.54, 1.807) is 17.0 Å². The van der Waals surface area contributed by atoms with Gasteiger partial charge in [-0.2, -0.15) is 0 Å². The van der Waals surface area contributed by atoms with Crippen molar-refractivity contribution < 1.29 is 9.18 Å². The molecule has 1 saturated heterocycles. The lowest BCUT2D eigenvalue weighted by Crippen LogP contribution is -2.34. The first-order valence-electron chi connectivity index (χ1n) is 7.97. The molecule has 3 rings (SSSR count). The SMILES string of the molecule is O=C(c1c[nH]c(=O)c(Cl)c1)N1CCCCC(c2ccc(F)cc2)C1. The van der Waals surface area contributed by atoms with E-state index < -0.39 is 5.56 Å². The Morgan fingerprint density at radius 2 is 2.00 bits per heavy atom. The highest BCUT2D eigenvalue weighted by molar-refractivity contribution is 6.30. The zero-order valence-corrected chi connectivity index (χ0v) is 13.9. The molecule has 1 unspecified atom stereocenters. The molecule has 2 aromatic rings. The number of hydrogen-bond acceptors (Lipinski definition) is 2. The average molecular weight is 349 g/mol. The molecule has 1 N–H and O–H groups in total. The van der Waals surface area contributed by atoms with E-state index in [0.29, 0.717) is 18.7 Å². The van der Waals surface area contributed by atoms with Crippen LogP contribution in [0.5, 0.6) is 0 Å². The molecule has 6 heteroatoms. The largest absolute Gasteiger partial charge is 0.338 e. The van der Waals surface area contributed by atoms with Crippen LogP contribution in [0.4, 0.5) is 4.39 Å². The summed E-state index contributed by atoms with van der Waals surface area (Å²) in [6.07, 6.45) is 4.29. The molecule has 0 bridgehead atoms. The number of benzene rings is 1. The zero-order valence-electron chi connectivity index (χ0n) is 13.1. The van der Waals surface area contributed by atoms with Gasteiger partial charge >= 0.3 is 0 Å². The number of carbonyl (C=O) groups excluding carboxylic acids is 1. The molecule has 4 nitrogen and oxygen atoms in total. The van der Waals surface area contributed by atoms with Crippen molar-refractivity contribution in [2.45, 2.75) is 25.2 Å². The van der Waals surface area contributed by atoms with Crippen LogP contribution < -0.4 is 5.56 Å². The van der Waals surface area contributed by atoms with Gasteiger partial charge in [-0.05, 0) is 36.6 Å². The van der Waals surface area contributed by atoms with Gasteiger partial charge in [0.1, 0.15) is 10.8 Å². The van der Waals surface area contributed by atoms with E-state index in [1.165, 1.54) is 24.4 Å². The fourth-order valence-electron chi connectivity index (χ4n) is 3.10. The molecule has 1 aliphatic heterocycles. The molecule has 0 spiro atoms. The summed E-state index contributed by atoms with van der Waals surface area (Å²) in [4.78, 5) is 28.3. The number of pyridine rings is 1. The number of H-pyrrole nitrogens is 1. The summed E-state index contributed by atoms with van der Waals surface area (Å²) in [6, 6.07) is 7.87. The number of halogens is 2. The van der Waals surface area contributed by atoms with Gasteiger partial charge in [0.05, 0.1) is 5.56 Å². The number of aromatic nitrogens is 1. The number of hydrogen-bond donors (Lipinski definition) is 1. The van der Waals surface area contributed by atoms with E-state index in [4.69, 9.17) is 11.6 Å². The van der Waals surface area contributed by atoms with Crippen LogP contribution >= 0.6 is 11.6 Å². The fraction of sp³-hybridized carbons (Fsp3) is 0.333. The summed E-state index contributed by atoms with van der Waals surface area (Å²) < 4.78 is 13.1. The van der Waals surface area contributed by atoms with Gasteiger partial charge in [0.15, 0.2) is 0 Å². The normalized spacial score (nSPS) is 18.2. The van der Waals surface area contributed by atoms with Crippen LogP contribution in [0.2, 0.25) is 5.02 Å². The van der Waals surface area contributed by atoms with Gasteiger partial charge in [0.25, 0.3) is 11.5 Å². The first-order valence-corrected chi connectivity index (χ1v) is 8.35. The molecule has 126 valence electrons. The number of carbonyl (C=O) groups is 1. The molecule has 0 radical (unpaired) electrons. The van der Waals surface area contributed by atoms with E-state index in [0.717, 1.165) is 24.8 Å². The zero-order chi connectivity index (χ0) is 17.1. The maximum absolute atomic E-state index is 13.1. The summed E-state index contributed by atoms with van der Waals surface area (Å²) in [5, 5.41) is 0.00533. The minimum atomic E-state index is -0.409. The van der Waals surface area contributed by atoms with E-state index in [1.807, 2.05) is 0 Å². The van der Waals surface area contributed by atoms with E-state index >= 15 is 0 Å². The Kier molecular flexibility index (Phi) is 5.00. The Balaban J connectivity index is 1.81. The van der Waals surface area contributed by atoms with Crippen LogP contribution in [0.1, 0.15) is 41.1 Å². The lowest BCUT2D eigenvalue weighted by Gasteiger charge is -2.25. The topological polar surface area (TPSA) is 53.2 Å². The molecular weight excluding hydrogens is 331 g/mol. The van der Waals surface area contributed by atoms with Crippen molar-refractivity contribution in [3.8, 4) is 0 Å². The molecular formula is C18H18ClFN2O2. The Morgan fingerprint density at radius 1 is 1.25 bits per heavy atom. The molecule has 1 aliphatic rings. The predicted molar refractivity (Wildman–Crippen MR) is 91.0 cm³/mol. The molecule has 1 aromatic heterocycles. The van der Waals surface area contributed by atoms with Crippen molar-refractivity contribution >= 4 is 17.5 Å². The Bertz CT molecular complexity index is 788. The van der Waals surface area contributed by atoms with Crippen LogP contribution in [-0.2, 0) is 0 Å². The molecule has 1 amide bonds. The smallest absolute Gasteiger partial charge is 0.266 e. The average Bonchev–Trinajstić information content (AvgIpc) is 2.83. The van der Waals surface area contributed by atoms with Gasteiger partial charge in [-0.15, -0.1) is 0 Å². The Hall–Kier alpha value is -2.14. The molecule has 1 fully saturated rings. The predicted octanol–water partition coefficient (Wildman–Crippen LogP) is 3.58. The van der Waals surface area contributed by atoms with Crippen molar-refractivity contribution in [2.24, 2.45) is 0 Å². The maximum atomic E-state index is 13.1. The second-order valence-electron chi connectivity index (χ2n) is 6.06. The molecule has 24 heavy (non-hydrogen) atoms. The first kappa shape index (κ1) is 16.7. The second-order valence-corrected chi connectivity index (χ2v) is 6.47. The minimum absolute atomic E-state index is 0.00533. The van der Waals surface area contributed by atoms with Gasteiger partial charge in [-0.1, -0.05) is 30.2 Å². The quantitative estimate of drug-likeness (QED) is 0.902. The van der Waals surface area contributed by atoms with Crippen LogP contribution in [-0.4, -0.2) is 28.9 Å². The molecule has 0 saturated carbocycles. The molecule has 1 aromatic carbocycles. The van der Waals surface area contributed by atoms with Crippen LogP contribution in [0, 0.1) is 5.82 Å². The highest BCUT2D eigenvalue weighted by Crippen LogP contribution is 2.27. The summed E-state index contributed by atoms with van der Waals surface area (Å²) >= 11 is 5.82. The van der Waals surface area contributed by atoms with E-state index in [9.17, 15) is 14.0 Å². The highest BCUT2D eigenvalue weighted by Gasteiger charge is 2.24. The lowest BCUT2D eigenvalue weighted by atomic mass is 9.94. The number of nitrogens with zero attached hydrogens (tertiary/aromatic N) is 1. The van der Waals surface area contributed by atoms with Crippen molar-refractivity contribution in [1.82, 2.24) is 9.88 Å². The first-order chi connectivity index (χ1) is 11.5. The van der Waals surface area contributed by atoms with E-state index in [-0.39, 0.29) is 22.7 Å². The molecule has 2 heterocycles. The van der Waals surface area contributed by atoms with Crippen molar-refractivity contribution in [2.75, 3.05) is 13.1 Å².